The first-order chi connectivity index (χ1) is 16.5. The minimum Gasteiger partial charge on any atom is -0.494 e. The summed E-state index contributed by atoms with van der Waals surface area (Å²) in [6, 6.07) is 13.4. The number of carbonyl (C=O) groups is 3. The summed E-state index contributed by atoms with van der Waals surface area (Å²) in [6.07, 6.45) is 0.528. The number of hydrogen-bond acceptors (Lipinski definition) is 7. The van der Waals surface area contributed by atoms with Crippen LogP contribution in [0.3, 0.4) is 0 Å². The summed E-state index contributed by atoms with van der Waals surface area (Å²) in [5, 5.41) is 3.00. The molecule has 0 aliphatic carbocycles. The zero-order chi connectivity index (χ0) is 24.3. The molecule has 9 heteroatoms. The second-order valence-electron chi connectivity index (χ2n) is 7.63. The average molecular weight is 471 g/mol. The van der Waals surface area contributed by atoms with Crippen molar-refractivity contribution < 1.29 is 33.3 Å². The molecule has 1 fully saturated rings. The summed E-state index contributed by atoms with van der Waals surface area (Å²) in [6.45, 7) is 5.47. The van der Waals surface area contributed by atoms with E-state index in [1.54, 1.807) is 48.2 Å². The van der Waals surface area contributed by atoms with Crippen molar-refractivity contribution in [1.29, 1.82) is 0 Å². The van der Waals surface area contributed by atoms with E-state index in [1.165, 1.54) is 12.1 Å². The molecule has 3 rings (SSSR count). The summed E-state index contributed by atoms with van der Waals surface area (Å²) in [5.41, 5.74) is 0.457. The maximum Gasteiger partial charge on any atom is 0.513 e. The minimum absolute atomic E-state index is 0.0287. The maximum absolute atomic E-state index is 12.5. The molecule has 2 aromatic carbocycles. The van der Waals surface area contributed by atoms with Crippen LogP contribution in [0.15, 0.2) is 48.5 Å². The molecule has 2 aromatic rings. The van der Waals surface area contributed by atoms with Gasteiger partial charge in [0.2, 0.25) is 0 Å². The predicted octanol–water partition coefficient (Wildman–Crippen LogP) is 3.42. The van der Waals surface area contributed by atoms with E-state index < -0.39 is 6.16 Å². The zero-order valence-corrected chi connectivity index (χ0v) is 19.5. The Morgan fingerprint density at radius 1 is 0.853 bits per heavy atom. The number of rotatable bonds is 9. The number of likely N-dealkylation sites (tertiary alicyclic amines) is 1. The molecule has 1 N–H and O–H groups in total. The number of amides is 2. The highest BCUT2D eigenvalue weighted by molar-refractivity contribution is 5.94. The van der Waals surface area contributed by atoms with Crippen molar-refractivity contribution in [1.82, 2.24) is 10.2 Å². The lowest BCUT2D eigenvalue weighted by atomic mass is 10.0. The SMILES string of the molecule is CCOC(=O)Oc1ccc(C(=O)NC2CCN(C(=O)COc3ccc(OCC)cc3)CC2)cc1. The van der Waals surface area contributed by atoms with Crippen molar-refractivity contribution in [3.63, 3.8) is 0 Å². The van der Waals surface area contributed by atoms with Crippen molar-refractivity contribution in [2.24, 2.45) is 0 Å². The highest BCUT2D eigenvalue weighted by Crippen LogP contribution is 2.18. The van der Waals surface area contributed by atoms with Crippen LogP contribution in [-0.2, 0) is 9.53 Å². The molecule has 0 spiro atoms. The van der Waals surface area contributed by atoms with Gasteiger partial charge in [0.1, 0.15) is 17.2 Å². The van der Waals surface area contributed by atoms with E-state index in [9.17, 15) is 14.4 Å². The second-order valence-corrected chi connectivity index (χ2v) is 7.63. The van der Waals surface area contributed by atoms with Gasteiger partial charge in [0.25, 0.3) is 11.8 Å². The lowest BCUT2D eigenvalue weighted by Crippen LogP contribution is -2.47. The largest absolute Gasteiger partial charge is 0.513 e. The van der Waals surface area contributed by atoms with E-state index in [1.807, 2.05) is 6.92 Å². The molecule has 0 bridgehead atoms. The van der Waals surface area contributed by atoms with Crippen LogP contribution in [0.1, 0.15) is 37.0 Å². The summed E-state index contributed by atoms with van der Waals surface area (Å²) >= 11 is 0. The first kappa shape index (κ1) is 24.9. The molecule has 1 aliphatic heterocycles. The van der Waals surface area contributed by atoms with Crippen molar-refractivity contribution >= 4 is 18.0 Å². The summed E-state index contributed by atoms with van der Waals surface area (Å²) < 4.78 is 20.7. The number of carbonyl (C=O) groups excluding carboxylic acids is 3. The molecule has 34 heavy (non-hydrogen) atoms. The van der Waals surface area contributed by atoms with Gasteiger partial charge in [0, 0.05) is 24.7 Å². The Morgan fingerprint density at radius 2 is 1.44 bits per heavy atom. The van der Waals surface area contributed by atoms with Gasteiger partial charge in [-0.1, -0.05) is 0 Å². The minimum atomic E-state index is -0.786. The van der Waals surface area contributed by atoms with Crippen molar-refractivity contribution in [2.75, 3.05) is 32.9 Å². The Bertz CT molecular complexity index is 952. The first-order valence-electron chi connectivity index (χ1n) is 11.4. The van der Waals surface area contributed by atoms with Gasteiger partial charge in [-0.25, -0.2) is 4.79 Å². The molecule has 0 aromatic heterocycles. The number of nitrogens with zero attached hydrogens (tertiary/aromatic N) is 1. The molecule has 1 heterocycles. The van der Waals surface area contributed by atoms with E-state index in [-0.39, 0.29) is 31.1 Å². The summed E-state index contributed by atoms with van der Waals surface area (Å²) in [5.74, 6) is 1.36. The molecular weight excluding hydrogens is 440 g/mol. The number of hydrogen-bond donors (Lipinski definition) is 1. The molecule has 0 atom stereocenters. The van der Waals surface area contributed by atoms with E-state index in [0.717, 1.165) is 5.75 Å². The quantitative estimate of drug-likeness (QED) is 0.442. The molecule has 9 nitrogen and oxygen atoms in total. The second kappa shape index (κ2) is 12.5. The first-order valence-corrected chi connectivity index (χ1v) is 11.4. The molecule has 1 aliphatic rings. The van der Waals surface area contributed by atoms with Gasteiger partial charge in [-0.15, -0.1) is 0 Å². The van der Waals surface area contributed by atoms with Crippen molar-refractivity contribution in [3.05, 3.63) is 54.1 Å². The Labute approximate surface area is 198 Å². The third kappa shape index (κ3) is 7.40. The van der Waals surface area contributed by atoms with E-state index in [2.05, 4.69) is 5.32 Å². The van der Waals surface area contributed by atoms with Crippen molar-refractivity contribution in [2.45, 2.75) is 32.7 Å². The predicted molar refractivity (Wildman–Crippen MR) is 124 cm³/mol. The van der Waals surface area contributed by atoms with Crippen molar-refractivity contribution in [3.8, 4) is 17.2 Å². The van der Waals surface area contributed by atoms with Gasteiger partial charge in [0.05, 0.1) is 13.2 Å². The normalized spacial score (nSPS) is 13.6. The number of benzene rings is 2. The molecular formula is C25H30N2O7. The van der Waals surface area contributed by atoms with Gasteiger partial charge in [-0.05, 0) is 75.2 Å². The molecule has 2 amide bonds. The molecule has 0 unspecified atom stereocenters. The fraction of sp³-hybridized carbons (Fsp3) is 0.400. The monoisotopic (exact) mass is 470 g/mol. The van der Waals surface area contributed by atoms with Crippen LogP contribution in [0, 0.1) is 0 Å². The van der Waals surface area contributed by atoms with E-state index >= 15 is 0 Å². The fourth-order valence-electron chi connectivity index (χ4n) is 3.49. The van der Waals surface area contributed by atoms with Gasteiger partial charge in [-0.3, -0.25) is 9.59 Å². The van der Waals surface area contributed by atoms with Crippen LogP contribution >= 0.6 is 0 Å². The Morgan fingerprint density at radius 3 is 2.03 bits per heavy atom. The maximum atomic E-state index is 12.5. The number of piperidine rings is 1. The third-order valence-corrected chi connectivity index (χ3v) is 5.26. The van der Waals surface area contributed by atoms with E-state index in [0.29, 0.717) is 49.6 Å². The smallest absolute Gasteiger partial charge is 0.494 e. The lowest BCUT2D eigenvalue weighted by molar-refractivity contribution is -0.134. The molecule has 0 radical (unpaired) electrons. The highest BCUT2D eigenvalue weighted by Gasteiger charge is 2.24. The van der Waals surface area contributed by atoms with Gasteiger partial charge in [-0.2, -0.15) is 0 Å². The highest BCUT2D eigenvalue weighted by atomic mass is 16.7. The van der Waals surface area contributed by atoms with Gasteiger partial charge >= 0.3 is 6.16 Å². The zero-order valence-electron chi connectivity index (χ0n) is 19.5. The average Bonchev–Trinajstić information content (AvgIpc) is 2.84. The fourth-order valence-corrected chi connectivity index (χ4v) is 3.49. The number of ether oxygens (including phenoxy) is 4. The van der Waals surface area contributed by atoms with Gasteiger partial charge < -0.3 is 29.2 Å². The van der Waals surface area contributed by atoms with E-state index in [4.69, 9.17) is 18.9 Å². The van der Waals surface area contributed by atoms with Crippen LogP contribution < -0.4 is 19.5 Å². The van der Waals surface area contributed by atoms with Crippen LogP contribution in [0.25, 0.3) is 0 Å². The van der Waals surface area contributed by atoms with Crippen LogP contribution in [0.5, 0.6) is 17.2 Å². The van der Waals surface area contributed by atoms with Crippen LogP contribution in [-0.4, -0.2) is 61.8 Å². The summed E-state index contributed by atoms with van der Waals surface area (Å²) in [4.78, 5) is 38.1. The standard InChI is InChI=1S/C25H30N2O7/c1-3-31-20-9-11-21(12-10-20)33-17-23(28)27-15-13-19(14-16-27)26-24(29)18-5-7-22(8-6-18)34-25(30)32-4-2/h5-12,19H,3-4,13-17H2,1-2H3,(H,26,29). The van der Waals surface area contributed by atoms with Crippen LogP contribution in [0.4, 0.5) is 4.79 Å². The molecule has 182 valence electrons. The third-order valence-electron chi connectivity index (χ3n) is 5.26. The molecule has 1 saturated heterocycles. The topological polar surface area (TPSA) is 103 Å². The Hall–Kier alpha value is -3.75. The summed E-state index contributed by atoms with van der Waals surface area (Å²) in [7, 11) is 0. The van der Waals surface area contributed by atoms with Gasteiger partial charge in [0.15, 0.2) is 6.61 Å². The lowest BCUT2D eigenvalue weighted by Gasteiger charge is -2.32. The number of nitrogens with one attached hydrogen (secondary N) is 1. The molecule has 0 saturated carbocycles. The Kier molecular flexibility index (Phi) is 9.13. The Balaban J connectivity index is 1.39. The van der Waals surface area contributed by atoms with Crippen LogP contribution in [0.2, 0.25) is 0 Å².